The van der Waals surface area contributed by atoms with Crippen molar-refractivity contribution in [1.29, 1.82) is 0 Å². The zero-order valence-corrected chi connectivity index (χ0v) is 11.7. The molecule has 0 saturated carbocycles. The van der Waals surface area contributed by atoms with Crippen LogP contribution in [0, 0.1) is 6.92 Å². The largest absolute Gasteiger partial charge is 0.481 e. The van der Waals surface area contributed by atoms with E-state index in [4.69, 9.17) is 9.84 Å². The number of rotatable bonds is 8. The topological polar surface area (TPSA) is 101 Å². The number of unbranched alkanes of at least 4 members (excludes halogenated alkanes) is 1. The van der Waals surface area contributed by atoms with Crippen LogP contribution < -0.4 is 5.32 Å². The molecule has 1 rings (SSSR count). The summed E-state index contributed by atoms with van der Waals surface area (Å²) in [5.41, 5.74) is 0.898. The van der Waals surface area contributed by atoms with Crippen LogP contribution in [0.1, 0.15) is 42.2 Å². The number of nitrogens with zero attached hydrogens (tertiary/aromatic N) is 2. The van der Waals surface area contributed by atoms with Gasteiger partial charge in [0.2, 0.25) is 5.95 Å². The van der Waals surface area contributed by atoms with Gasteiger partial charge in [0.05, 0.1) is 17.9 Å². The number of hydrogen-bond acceptors (Lipinski definition) is 6. The van der Waals surface area contributed by atoms with Crippen LogP contribution in [0.3, 0.4) is 0 Å². The Kier molecular flexibility index (Phi) is 6.42. The molecule has 2 N–H and O–H groups in total. The van der Waals surface area contributed by atoms with Gasteiger partial charge >= 0.3 is 11.9 Å². The minimum atomic E-state index is -0.795. The van der Waals surface area contributed by atoms with Gasteiger partial charge in [0.1, 0.15) is 0 Å². The monoisotopic (exact) mass is 281 g/mol. The van der Waals surface area contributed by atoms with E-state index in [0.717, 1.165) is 0 Å². The van der Waals surface area contributed by atoms with Gasteiger partial charge in [-0.2, -0.15) is 0 Å². The minimum Gasteiger partial charge on any atom is -0.481 e. The Balaban J connectivity index is 2.47. The average molecular weight is 281 g/mol. The third-order valence-corrected chi connectivity index (χ3v) is 2.58. The number of carboxylic acid groups (broad SMARTS) is 1. The summed E-state index contributed by atoms with van der Waals surface area (Å²) in [6.07, 6.45) is 2.90. The predicted molar refractivity (Wildman–Crippen MR) is 72.7 cm³/mol. The first-order valence-corrected chi connectivity index (χ1v) is 6.51. The highest BCUT2D eigenvalue weighted by Crippen LogP contribution is 2.09. The van der Waals surface area contributed by atoms with Gasteiger partial charge in [0.25, 0.3) is 0 Å². The van der Waals surface area contributed by atoms with E-state index in [1.54, 1.807) is 13.8 Å². The summed E-state index contributed by atoms with van der Waals surface area (Å²) in [5.74, 6) is -0.806. The maximum atomic E-state index is 11.6. The van der Waals surface area contributed by atoms with Crippen LogP contribution in [0.15, 0.2) is 6.20 Å². The summed E-state index contributed by atoms with van der Waals surface area (Å²) in [7, 11) is 0. The minimum absolute atomic E-state index is 0.156. The average Bonchev–Trinajstić information content (AvgIpc) is 2.38. The van der Waals surface area contributed by atoms with Crippen molar-refractivity contribution in [1.82, 2.24) is 9.97 Å². The molecule has 0 amide bonds. The Hall–Kier alpha value is -2.18. The number of esters is 1. The smallest absolute Gasteiger partial charge is 0.341 e. The van der Waals surface area contributed by atoms with Crippen LogP contribution in [0.5, 0.6) is 0 Å². The lowest BCUT2D eigenvalue weighted by molar-refractivity contribution is -0.137. The molecule has 0 saturated heterocycles. The molecule has 0 atom stereocenters. The third-order valence-electron chi connectivity index (χ3n) is 2.58. The molecule has 1 aromatic rings. The molecule has 0 bridgehead atoms. The quantitative estimate of drug-likeness (QED) is 0.551. The lowest BCUT2D eigenvalue weighted by Gasteiger charge is -2.07. The highest BCUT2D eigenvalue weighted by atomic mass is 16.5. The van der Waals surface area contributed by atoms with Crippen molar-refractivity contribution in [2.75, 3.05) is 18.5 Å². The number of aromatic nitrogens is 2. The number of hydrogen-bond donors (Lipinski definition) is 2. The molecule has 0 radical (unpaired) electrons. The number of anilines is 1. The fourth-order valence-corrected chi connectivity index (χ4v) is 1.56. The van der Waals surface area contributed by atoms with Crippen LogP contribution in [0.2, 0.25) is 0 Å². The van der Waals surface area contributed by atoms with E-state index in [1.807, 2.05) is 0 Å². The zero-order valence-electron chi connectivity index (χ0n) is 11.7. The van der Waals surface area contributed by atoms with Crippen molar-refractivity contribution in [2.45, 2.75) is 33.1 Å². The van der Waals surface area contributed by atoms with E-state index in [0.29, 0.717) is 43.2 Å². The van der Waals surface area contributed by atoms with E-state index in [2.05, 4.69) is 15.3 Å². The third kappa shape index (κ3) is 5.21. The summed E-state index contributed by atoms with van der Waals surface area (Å²) in [6.45, 7) is 4.35. The molecule has 0 spiro atoms. The molecule has 1 heterocycles. The zero-order chi connectivity index (χ0) is 15.0. The van der Waals surface area contributed by atoms with Gasteiger partial charge in [-0.05, 0) is 26.7 Å². The molecule has 7 nitrogen and oxygen atoms in total. The number of aliphatic carboxylic acids is 1. The standard InChI is InChI=1S/C13H19N3O4/c1-3-20-12(19)10-8-15-13(16-9(10)2)14-7-5-4-6-11(17)18/h8H,3-7H2,1-2H3,(H,17,18)(H,14,15,16). The number of aryl methyl sites for hydroxylation is 1. The first kappa shape index (κ1) is 15.9. The van der Waals surface area contributed by atoms with Crippen molar-refractivity contribution in [3.8, 4) is 0 Å². The molecule has 0 unspecified atom stereocenters. The highest BCUT2D eigenvalue weighted by molar-refractivity contribution is 5.90. The molecule has 0 aliphatic heterocycles. The van der Waals surface area contributed by atoms with Gasteiger partial charge in [-0.1, -0.05) is 0 Å². The molecule has 1 aromatic heterocycles. The van der Waals surface area contributed by atoms with E-state index in [-0.39, 0.29) is 6.42 Å². The van der Waals surface area contributed by atoms with Gasteiger partial charge < -0.3 is 15.2 Å². The van der Waals surface area contributed by atoms with E-state index in [9.17, 15) is 9.59 Å². The maximum Gasteiger partial charge on any atom is 0.341 e. The second-order valence-electron chi connectivity index (χ2n) is 4.19. The first-order valence-electron chi connectivity index (χ1n) is 6.51. The summed E-state index contributed by atoms with van der Waals surface area (Å²) in [6, 6.07) is 0. The lowest BCUT2D eigenvalue weighted by Crippen LogP contribution is -2.12. The first-order chi connectivity index (χ1) is 9.54. The Morgan fingerprint density at radius 2 is 2.15 bits per heavy atom. The van der Waals surface area contributed by atoms with E-state index in [1.165, 1.54) is 6.20 Å². The number of ether oxygens (including phenoxy) is 1. The molecule has 110 valence electrons. The van der Waals surface area contributed by atoms with Crippen molar-refractivity contribution in [3.05, 3.63) is 17.5 Å². The van der Waals surface area contributed by atoms with Crippen LogP contribution in [0.4, 0.5) is 5.95 Å². The summed E-state index contributed by atoms with van der Waals surface area (Å²) < 4.78 is 4.89. The van der Waals surface area contributed by atoms with Crippen LogP contribution in [-0.2, 0) is 9.53 Å². The fourth-order valence-electron chi connectivity index (χ4n) is 1.56. The Bertz CT molecular complexity index is 477. The number of carbonyl (C=O) groups excluding carboxylic acids is 1. The number of carboxylic acids is 1. The Morgan fingerprint density at radius 3 is 2.75 bits per heavy atom. The van der Waals surface area contributed by atoms with Gasteiger partial charge in [-0.15, -0.1) is 0 Å². The predicted octanol–water partition coefficient (Wildman–Crippen LogP) is 1.63. The highest BCUT2D eigenvalue weighted by Gasteiger charge is 2.12. The normalized spacial score (nSPS) is 10.1. The molecule has 0 aliphatic carbocycles. The van der Waals surface area contributed by atoms with Crippen molar-refractivity contribution >= 4 is 17.9 Å². The van der Waals surface area contributed by atoms with Crippen molar-refractivity contribution in [3.63, 3.8) is 0 Å². The Morgan fingerprint density at radius 1 is 1.40 bits per heavy atom. The lowest BCUT2D eigenvalue weighted by atomic mass is 10.2. The molecular weight excluding hydrogens is 262 g/mol. The van der Waals surface area contributed by atoms with E-state index < -0.39 is 11.9 Å². The fraction of sp³-hybridized carbons (Fsp3) is 0.538. The molecule has 0 aromatic carbocycles. The number of carbonyl (C=O) groups is 2. The number of nitrogens with one attached hydrogen (secondary N) is 1. The SMILES string of the molecule is CCOC(=O)c1cnc(NCCCCC(=O)O)nc1C. The van der Waals surface area contributed by atoms with E-state index >= 15 is 0 Å². The second-order valence-corrected chi connectivity index (χ2v) is 4.19. The summed E-state index contributed by atoms with van der Waals surface area (Å²) in [4.78, 5) is 30.1. The van der Waals surface area contributed by atoms with Gasteiger partial charge in [0, 0.05) is 19.2 Å². The molecule has 20 heavy (non-hydrogen) atoms. The summed E-state index contributed by atoms with van der Waals surface area (Å²) >= 11 is 0. The molecule has 0 aliphatic rings. The van der Waals surface area contributed by atoms with Crippen LogP contribution in [0.25, 0.3) is 0 Å². The molecule has 0 fully saturated rings. The van der Waals surface area contributed by atoms with Crippen LogP contribution in [-0.4, -0.2) is 40.2 Å². The maximum absolute atomic E-state index is 11.6. The van der Waals surface area contributed by atoms with Gasteiger partial charge in [0.15, 0.2) is 0 Å². The van der Waals surface area contributed by atoms with Crippen molar-refractivity contribution < 1.29 is 19.4 Å². The van der Waals surface area contributed by atoms with Crippen LogP contribution >= 0.6 is 0 Å². The van der Waals surface area contributed by atoms with Crippen molar-refractivity contribution in [2.24, 2.45) is 0 Å². The Labute approximate surface area is 117 Å². The van der Waals surface area contributed by atoms with Gasteiger partial charge in [-0.3, -0.25) is 4.79 Å². The summed E-state index contributed by atoms with van der Waals surface area (Å²) in [5, 5.41) is 11.5. The molecular formula is C13H19N3O4. The molecule has 7 heteroatoms. The second kappa shape index (κ2) is 8.08. The van der Waals surface area contributed by atoms with Gasteiger partial charge in [-0.25, -0.2) is 14.8 Å².